The molecule has 19 heavy (non-hydrogen) atoms. The van der Waals surface area contributed by atoms with Gasteiger partial charge in [-0.05, 0) is 45.6 Å². The fourth-order valence-corrected chi connectivity index (χ4v) is 3.95. The average Bonchev–Trinajstić information content (AvgIpc) is 3.08. The second-order valence-electron chi connectivity index (χ2n) is 6.29. The quantitative estimate of drug-likeness (QED) is 0.911. The topological polar surface area (TPSA) is 42.7 Å². The summed E-state index contributed by atoms with van der Waals surface area (Å²) in [6, 6.07) is 0.648. The molecule has 1 aliphatic heterocycles. The van der Waals surface area contributed by atoms with Gasteiger partial charge in [0.05, 0.1) is 0 Å². The number of hydrogen-bond donors (Lipinski definition) is 1. The molecular formula is C15H26N4. The molecule has 3 rings (SSSR count). The first-order chi connectivity index (χ1) is 9.27. The van der Waals surface area contributed by atoms with Gasteiger partial charge < -0.3 is 9.88 Å². The van der Waals surface area contributed by atoms with Crippen molar-refractivity contribution in [3.8, 4) is 0 Å². The van der Waals surface area contributed by atoms with Crippen molar-refractivity contribution in [3.63, 3.8) is 0 Å². The minimum absolute atomic E-state index is 0.210. The molecule has 0 aromatic carbocycles. The van der Waals surface area contributed by atoms with E-state index in [4.69, 9.17) is 0 Å². The maximum atomic E-state index is 4.60. The van der Waals surface area contributed by atoms with E-state index in [9.17, 15) is 0 Å². The summed E-state index contributed by atoms with van der Waals surface area (Å²) in [5, 5.41) is 12.6. The van der Waals surface area contributed by atoms with E-state index in [1.54, 1.807) is 0 Å². The fourth-order valence-electron chi connectivity index (χ4n) is 3.95. The Morgan fingerprint density at radius 3 is 2.68 bits per heavy atom. The highest BCUT2D eigenvalue weighted by Gasteiger charge is 2.38. The third kappa shape index (κ3) is 2.20. The first-order valence-corrected chi connectivity index (χ1v) is 7.89. The van der Waals surface area contributed by atoms with Crippen LogP contribution in [0.3, 0.4) is 0 Å². The summed E-state index contributed by atoms with van der Waals surface area (Å²) in [6.45, 7) is 6.64. The maximum Gasteiger partial charge on any atom is 0.140 e. The van der Waals surface area contributed by atoms with Gasteiger partial charge in [-0.3, -0.25) is 0 Å². The molecule has 1 atom stereocenters. The summed E-state index contributed by atoms with van der Waals surface area (Å²) in [5.74, 6) is 2.37. The van der Waals surface area contributed by atoms with Gasteiger partial charge in [-0.15, -0.1) is 10.2 Å². The zero-order valence-electron chi connectivity index (χ0n) is 12.3. The molecule has 1 aromatic heterocycles. The molecule has 1 saturated carbocycles. The largest absolute Gasteiger partial charge is 0.316 e. The summed E-state index contributed by atoms with van der Waals surface area (Å²) < 4.78 is 2.48. The van der Waals surface area contributed by atoms with Crippen LogP contribution in [0.5, 0.6) is 0 Å². The van der Waals surface area contributed by atoms with E-state index in [1.807, 2.05) is 0 Å². The van der Waals surface area contributed by atoms with Gasteiger partial charge in [-0.2, -0.15) is 0 Å². The Kier molecular flexibility index (Phi) is 3.61. The van der Waals surface area contributed by atoms with Crippen LogP contribution in [0, 0.1) is 6.92 Å². The Balaban J connectivity index is 1.98. The smallest absolute Gasteiger partial charge is 0.140 e. The fraction of sp³-hybridized carbons (Fsp3) is 0.867. The van der Waals surface area contributed by atoms with Gasteiger partial charge in [0.2, 0.25) is 0 Å². The van der Waals surface area contributed by atoms with Crippen molar-refractivity contribution in [2.75, 3.05) is 13.1 Å². The van der Waals surface area contributed by atoms with Crippen LogP contribution in [0.15, 0.2) is 0 Å². The van der Waals surface area contributed by atoms with Gasteiger partial charge in [0, 0.05) is 18.0 Å². The molecule has 1 aliphatic carbocycles. The molecule has 1 aromatic rings. The molecule has 106 valence electrons. The Morgan fingerprint density at radius 2 is 2.05 bits per heavy atom. The molecule has 1 unspecified atom stereocenters. The SMILES string of the molecule is CCC1(c2nnc(C)n2C2CCCC2)CCCNC1. The molecule has 0 spiro atoms. The summed E-state index contributed by atoms with van der Waals surface area (Å²) in [7, 11) is 0. The lowest BCUT2D eigenvalue weighted by atomic mass is 9.77. The summed E-state index contributed by atoms with van der Waals surface area (Å²) in [4.78, 5) is 0. The Labute approximate surface area is 116 Å². The summed E-state index contributed by atoms with van der Waals surface area (Å²) in [6.07, 6.45) is 8.99. The molecule has 0 radical (unpaired) electrons. The van der Waals surface area contributed by atoms with Crippen molar-refractivity contribution >= 4 is 0 Å². The number of rotatable bonds is 3. The maximum absolute atomic E-state index is 4.60. The van der Waals surface area contributed by atoms with Crippen LogP contribution in [0.2, 0.25) is 0 Å². The minimum atomic E-state index is 0.210. The molecule has 2 fully saturated rings. The number of nitrogens with one attached hydrogen (secondary N) is 1. The molecule has 0 bridgehead atoms. The number of aryl methyl sites for hydroxylation is 1. The predicted octanol–water partition coefficient (Wildman–Crippen LogP) is 2.73. The molecule has 1 N–H and O–H groups in total. The third-order valence-electron chi connectivity index (χ3n) is 5.18. The Morgan fingerprint density at radius 1 is 1.26 bits per heavy atom. The van der Waals surface area contributed by atoms with Crippen molar-refractivity contribution in [2.24, 2.45) is 0 Å². The Hall–Kier alpha value is -0.900. The van der Waals surface area contributed by atoms with Crippen LogP contribution in [0.1, 0.15) is 69.6 Å². The normalized spacial score (nSPS) is 28.9. The molecule has 4 nitrogen and oxygen atoms in total. The highest BCUT2D eigenvalue weighted by Crippen LogP contribution is 2.38. The van der Waals surface area contributed by atoms with Crippen LogP contribution < -0.4 is 5.32 Å². The lowest BCUT2D eigenvalue weighted by Gasteiger charge is -2.37. The lowest BCUT2D eigenvalue weighted by Crippen LogP contribution is -2.45. The molecular weight excluding hydrogens is 236 g/mol. The van der Waals surface area contributed by atoms with Gasteiger partial charge in [0.25, 0.3) is 0 Å². The molecule has 4 heteroatoms. The lowest BCUT2D eigenvalue weighted by molar-refractivity contribution is 0.270. The second kappa shape index (κ2) is 5.23. The zero-order valence-corrected chi connectivity index (χ0v) is 12.3. The van der Waals surface area contributed by atoms with E-state index in [0.717, 1.165) is 25.3 Å². The van der Waals surface area contributed by atoms with E-state index < -0.39 is 0 Å². The first kappa shape index (κ1) is 13.1. The van der Waals surface area contributed by atoms with E-state index in [1.165, 1.54) is 44.3 Å². The highest BCUT2D eigenvalue weighted by molar-refractivity contribution is 5.14. The summed E-state index contributed by atoms with van der Waals surface area (Å²) >= 11 is 0. The first-order valence-electron chi connectivity index (χ1n) is 7.89. The minimum Gasteiger partial charge on any atom is -0.316 e. The molecule has 0 amide bonds. The third-order valence-corrected chi connectivity index (χ3v) is 5.18. The number of nitrogens with zero attached hydrogens (tertiary/aromatic N) is 3. The van der Waals surface area contributed by atoms with Gasteiger partial charge in [-0.25, -0.2) is 0 Å². The van der Waals surface area contributed by atoms with Crippen LogP contribution in [0.4, 0.5) is 0 Å². The Bertz CT molecular complexity index is 425. The van der Waals surface area contributed by atoms with E-state index in [-0.39, 0.29) is 5.41 Å². The predicted molar refractivity (Wildman–Crippen MR) is 76.3 cm³/mol. The highest BCUT2D eigenvalue weighted by atomic mass is 15.3. The number of aromatic nitrogens is 3. The van der Waals surface area contributed by atoms with Crippen molar-refractivity contribution in [1.82, 2.24) is 20.1 Å². The molecule has 1 saturated heterocycles. The van der Waals surface area contributed by atoms with E-state index in [2.05, 4.69) is 33.9 Å². The zero-order chi connectivity index (χ0) is 13.3. The average molecular weight is 262 g/mol. The second-order valence-corrected chi connectivity index (χ2v) is 6.29. The summed E-state index contributed by atoms with van der Waals surface area (Å²) in [5.41, 5.74) is 0.210. The van der Waals surface area contributed by atoms with Crippen molar-refractivity contribution in [1.29, 1.82) is 0 Å². The standard InChI is InChI=1S/C15H26N4/c1-3-15(9-6-10-16-11-15)14-18-17-12(2)19(14)13-7-4-5-8-13/h13,16H,3-11H2,1-2H3. The number of piperidine rings is 1. The van der Waals surface area contributed by atoms with Gasteiger partial charge in [-0.1, -0.05) is 19.8 Å². The van der Waals surface area contributed by atoms with Crippen molar-refractivity contribution < 1.29 is 0 Å². The van der Waals surface area contributed by atoms with Crippen molar-refractivity contribution in [3.05, 3.63) is 11.6 Å². The van der Waals surface area contributed by atoms with Crippen LogP contribution in [-0.4, -0.2) is 27.9 Å². The van der Waals surface area contributed by atoms with Gasteiger partial charge >= 0.3 is 0 Å². The van der Waals surface area contributed by atoms with Crippen LogP contribution in [-0.2, 0) is 5.41 Å². The number of hydrogen-bond acceptors (Lipinski definition) is 3. The van der Waals surface area contributed by atoms with Crippen LogP contribution >= 0.6 is 0 Å². The van der Waals surface area contributed by atoms with Crippen LogP contribution in [0.25, 0.3) is 0 Å². The molecule has 2 aliphatic rings. The monoisotopic (exact) mass is 262 g/mol. The van der Waals surface area contributed by atoms with E-state index in [0.29, 0.717) is 6.04 Å². The van der Waals surface area contributed by atoms with Gasteiger partial charge in [0.1, 0.15) is 11.6 Å². The van der Waals surface area contributed by atoms with E-state index >= 15 is 0 Å². The molecule has 2 heterocycles. The van der Waals surface area contributed by atoms with Gasteiger partial charge in [0.15, 0.2) is 0 Å². The van der Waals surface area contributed by atoms with Crippen molar-refractivity contribution in [2.45, 2.75) is 70.3 Å².